The summed E-state index contributed by atoms with van der Waals surface area (Å²) in [5, 5.41) is 0.362. The predicted octanol–water partition coefficient (Wildman–Crippen LogP) is 2.54. The molecule has 1 aliphatic heterocycles. The van der Waals surface area contributed by atoms with Crippen LogP contribution in [0.4, 0.5) is 0 Å². The number of aromatic nitrogens is 4. The van der Waals surface area contributed by atoms with E-state index in [4.69, 9.17) is 21.1 Å². The minimum atomic E-state index is -0.154. The van der Waals surface area contributed by atoms with Crippen molar-refractivity contribution in [1.82, 2.24) is 19.5 Å². The van der Waals surface area contributed by atoms with Gasteiger partial charge in [-0.05, 0) is 26.2 Å². The lowest BCUT2D eigenvalue weighted by atomic mass is 10.1. The van der Waals surface area contributed by atoms with E-state index in [0.717, 1.165) is 19.3 Å². The zero-order chi connectivity index (χ0) is 13.2. The van der Waals surface area contributed by atoms with E-state index in [2.05, 4.69) is 15.0 Å². The molecule has 19 heavy (non-hydrogen) atoms. The van der Waals surface area contributed by atoms with Crippen molar-refractivity contribution in [2.24, 2.45) is 0 Å². The predicted molar refractivity (Wildman–Crippen MR) is 69.7 cm³/mol. The molecule has 3 heterocycles. The summed E-state index contributed by atoms with van der Waals surface area (Å²) >= 11 is 6.00. The van der Waals surface area contributed by atoms with Crippen LogP contribution in [-0.2, 0) is 9.47 Å². The first-order chi connectivity index (χ1) is 9.29. The van der Waals surface area contributed by atoms with Gasteiger partial charge in [0.15, 0.2) is 17.1 Å². The Balaban J connectivity index is 1.89. The van der Waals surface area contributed by atoms with E-state index >= 15 is 0 Å². The highest BCUT2D eigenvalue weighted by molar-refractivity contribution is 6.33. The maximum atomic E-state index is 6.00. The Morgan fingerprint density at radius 1 is 1.42 bits per heavy atom. The second-order valence-corrected chi connectivity index (χ2v) is 4.75. The molecule has 3 rings (SSSR count). The number of imidazole rings is 1. The number of hydrogen-bond acceptors (Lipinski definition) is 5. The molecule has 0 aromatic carbocycles. The lowest BCUT2D eigenvalue weighted by Crippen LogP contribution is -2.28. The van der Waals surface area contributed by atoms with Gasteiger partial charge in [-0.25, -0.2) is 15.0 Å². The molecule has 2 aromatic rings. The molecule has 1 saturated heterocycles. The van der Waals surface area contributed by atoms with Gasteiger partial charge in [-0.1, -0.05) is 11.6 Å². The van der Waals surface area contributed by atoms with Crippen LogP contribution in [0.1, 0.15) is 32.4 Å². The number of hydrogen-bond donors (Lipinski definition) is 0. The van der Waals surface area contributed by atoms with Crippen LogP contribution in [0.25, 0.3) is 11.2 Å². The molecule has 0 saturated carbocycles. The summed E-state index contributed by atoms with van der Waals surface area (Å²) in [5.74, 6) is 0. The summed E-state index contributed by atoms with van der Waals surface area (Å²) in [5.41, 5.74) is 1.30. The second kappa shape index (κ2) is 5.40. The average molecular weight is 283 g/mol. The zero-order valence-corrected chi connectivity index (χ0v) is 11.4. The van der Waals surface area contributed by atoms with Gasteiger partial charge in [0, 0.05) is 6.61 Å². The maximum absolute atomic E-state index is 6.00. The topological polar surface area (TPSA) is 62.1 Å². The molecule has 7 heteroatoms. The van der Waals surface area contributed by atoms with Gasteiger partial charge in [0.2, 0.25) is 0 Å². The maximum Gasteiger partial charge on any atom is 0.166 e. The van der Waals surface area contributed by atoms with E-state index in [9.17, 15) is 0 Å². The molecule has 2 unspecified atom stereocenters. The first kappa shape index (κ1) is 12.8. The van der Waals surface area contributed by atoms with Crippen molar-refractivity contribution in [2.75, 3.05) is 6.61 Å². The molecule has 1 aliphatic rings. The summed E-state index contributed by atoms with van der Waals surface area (Å²) < 4.78 is 13.3. The minimum Gasteiger partial charge on any atom is -0.353 e. The van der Waals surface area contributed by atoms with Crippen molar-refractivity contribution in [3.63, 3.8) is 0 Å². The fraction of sp³-hybridized carbons (Fsp3) is 0.583. The van der Waals surface area contributed by atoms with Crippen LogP contribution in [-0.4, -0.2) is 32.4 Å². The van der Waals surface area contributed by atoms with Crippen LogP contribution >= 0.6 is 11.6 Å². The largest absolute Gasteiger partial charge is 0.353 e. The lowest BCUT2D eigenvalue weighted by Gasteiger charge is -2.30. The van der Waals surface area contributed by atoms with Gasteiger partial charge in [-0.2, -0.15) is 0 Å². The quantitative estimate of drug-likeness (QED) is 0.810. The molecule has 102 valence electrons. The molecule has 1 fully saturated rings. The average Bonchev–Trinajstić information content (AvgIpc) is 2.85. The van der Waals surface area contributed by atoms with E-state index in [1.807, 2.05) is 11.5 Å². The number of fused-ring (bicyclic) bond motifs is 1. The van der Waals surface area contributed by atoms with Crippen LogP contribution in [0.15, 0.2) is 12.7 Å². The van der Waals surface area contributed by atoms with Crippen LogP contribution in [0.5, 0.6) is 0 Å². The minimum absolute atomic E-state index is 0.110. The number of halogens is 1. The Labute approximate surface area is 115 Å². The van der Waals surface area contributed by atoms with Gasteiger partial charge in [0.05, 0.1) is 6.33 Å². The number of rotatable bonds is 3. The third-order valence-corrected chi connectivity index (χ3v) is 3.45. The second-order valence-electron chi connectivity index (χ2n) is 4.40. The lowest BCUT2D eigenvalue weighted by molar-refractivity contribution is -0.211. The SMILES string of the molecule is CCOC1CCCC(n2cnc3c(Cl)ncnc32)O1. The van der Waals surface area contributed by atoms with Crippen LogP contribution in [0.2, 0.25) is 5.15 Å². The molecule has 0 aliphatic carbocycles. The molecule has 0 amide bonds. The Morgan fingerprint density at radius 3 is 3.16 bits per heavy atom. The van der Waals surface area contributed by atoms with Crippen molar-refractivity contribution in [3.05, 3.63) is 17.8 Å². The third-order valence-electron chi connectivity index (χ3n) is 3.18. The Bertz CT molecular complexity index is 572. The van der Waals surface area contributed by atoms with Gasteiger partial charge in [0.1, 0.15) is 18.1 Å². The highest BCUT2D eigenvalue weighted by atomic mass is 35.5. The summed E-state index contributed by atoms with van der Waals surface area (Å²) in [4.78, 5) is 12.4. The third kappa shape index (κ3) is 2.43. The molecular formula is C12H15ClN4O2. The number of ether oxygens (including phenoxy) is 2. The zero-order valence-electron chi connectivity index (χ0n) is 10.6. The van der Waals surface area contributed by atoms with Crippen LogP contribution in [0, 0.1) is 0 Å². The van der Waals surface area contributed by atoms with Crippen LogP contribution in [0.3, 0.4) is 0 Å². The van der Waals surface area contributed by atoms with E-state index in [0.29, 0.717) is 22.9 Å². The Morgan fingerprint density at radius 2 is 2.32 bits per heavy atom. The van der Waals surface area contributed by atoms with Crippen LogP contribution < -0.4 is 0 Å². The molecule has 0 bridgehead atoms. The van der Waals surface area contributed by atoms with E-state index in [1.54, 1.807) is 6.33 Å². The van der Waals surface area contributed by atoms with Gasteiger partial charge >= 0.3 is 0 Å². The standard InChI is InChI=1S/C12H15ClN4O2/c1-2-18-9-5-3-4-8(19-9)17-7-16-10-11(13)14-6-15-12(10)17/h6-9H,2-5H2,1H3. The summed E-state index contributed by atoms with van der Waals surface area (Å²) in [6, 6.07) is 0. The first-order valence-corrected chi connectivity index (χ1v) is 6.77. The van der Waals surface area contributed by atoms with Crippen molar-refractivity contribution in [2.45, 2.75) is 38.7 Å². The first-order valence-electron chi connectivity index (χ1n) is 6.39. The Kier molecular flexibility index (Phi) is 3.63. The molecule has 0 radical (unpaired) electrons. The molecule has 2 atom stereocenters. The van der Waals surface area contributed by atoms with Crippen molar-refractivity contribution < 1.29 is 9.47 Å². The molecular weight excluding hydrogens is 268 g/mol. The number of nitrogens with zero attached hydrogens (tertiary/aromatic N) is 4. The Hall–Kier alpha value is -1.24. The molecule has 0 N–H and O–H groups in total. The molecule has 0 spiro atoms. The molecule has 6 nitrogen and oxygen atoms in total. The van der Waals surface area contributed by atoms with Gasteiger partial charge in [0.25, 0.3) is 0 Å². The van der Waals surface area contributed by atoms with Crippen molar-refractivity contribution in [3.8, 4) is 0 Å². The molecule has 2 aromatic heterocycles. The highest BCUT2D eigenvalue weighted by Crippen LogP contribution is 2.30. The normalized spacial score (nSPS) is 23.9. The fourth-order valence-corrected chi connectivity index (χ4v) is 2.49. The van der Waals surface area contributed by atoms with Gasteiger partial charge in [-0.3, -0.25) is 4.57 Å². The summed E-state index contributed by atoms with van der Waals surface area (Å²) in [6.45, 7) is 2.61. The van der Waals surface area contributed by atoms with Crippen molar-refractivity contribution >= 4 is 22.8 Å². The summed E-state index contributed by atoms with van der Waals surface area (Å²) in [7, 11) is 0. The fourth-order valence-electron chi connectivity index (χ4n) is 2.32. The monoisotopic (exact) mass is 282 g/mol. The van der Waals surface area contributed by atoms with Crippen molar-refractivity contribution in [1.29, 1.82) is 0 Å². The van der Waals surface area contributed by atoms with Gasteiger partial charge in [-0.15, -0.1) is 0 Å². The van der Waals surface area contributed by atoms with Gasteiger partial charge < -0.3 is 9.47 Å². The van der Waals surface area contributed by atoms with E-state index in [1.165, 1.54) is 6.33 Å². The van der Waals surface area contributed by atoms with E-state index in [-0.39, 0.29) is 12.5 Å². The smallest absolute Gasteiger partial charge is 0.166 e. The highest BCUT2D eigenvalue weighted by Gasteiger charge is 2.25. The summed E-state index contributed by atoms with van der Waals surface area (Å²) in [6.07, 6.45) is 5.76. The van der Waals surface area contributed by atoms with E-state index < -0.39 is 0 Å².